The largest absolute Gasteiger partial charge is 0.491 e. The topological polar surface area (TPSA) is 37.4 Å². The first kappa shape index (κ1) is 19.2. The van der Waals surface area contributed by atoms with Crippen LogP contribution in [0.2, 0.25) is 0 Å². The number of fused-ring (bicyclic) bond motifs is 1. The number of para-hydroxylation sites is 2. The molecule has 1 fully saturated rings. The van der Waals surface area contributed by atoms with Gasteiger partial charge in [-0.15, -0.1) is 0 Å². The van der Waals surface area contributed by atoms with Gasteiger partial charge in [0.2, 0.25) is 0 Å². The zero-order chi connectivity index (χ0) is 19.3. The van der Waals surface area contributed by atoms with E-state index in [1.807, 2.05) is 37.4 Å². The molecule has 0 saturated carbocycles. The van der Waals surface area contributed by atoms with Crippen LogP contribution in [0.5, 0.6) is 5.75 Å². The van der Waals surface area contributed by atoms with Crippen molar-refractivity contribution in [1.29, 1.82) is 0 Å². The van der Waals surface area contributed by atoms with E-state index in [-0.39, 0.29) is 5.82 Å². The van der Waals surface area contributed by atoms with Gasteiger partial charge >= 0.3 is 0 Å². The van der Waals surface area contributed by atoms with Crippen LogP contribution in [0.25, 0.3) is 10.1 Å². The Labute approximate surface area is 169 Å². The molecule has 4 nitrogen and oxygen atoms in total. The Hall–Kier alpha value is -2.18. The van der Waals surface area contributed by atoms with Crippen molar-refractivity contribution < 1.29 is 9.13 Å². The van der Waals surface area contributed by atoms with E-state index in [1.165, 1.54) is 11.5 Å². The first-order valence-electron chi connectivity index (χ1n) is 9.91. The van der Waals surface area contributed by atoms with E-state index in [1.54, 1.807) is 12.1 Å². The molecule has 1 aliphatic heterocycles. The van der Waals surface area contributed by atoms with E-state index >= 15 is 0 Å². The molecule has 2 heterocycles. The highest BCUT2D eigenvalue weighted by molar-refractivity contribution is 7.13. The molecule has 1 saturated heterocycles. The lowest BCUT2D eigenvalue weighted by Gasteiger charge is -2.31. The highest BCUT2D eigenvalue weighted by atomic mass is 32.1. The molecule has 6 heteroatoms. The number of nitrogens with zero attached hydrogens (tertiary/aromatic N) is 2. The molecule has 1 N–H and O–H groups in total. The lowest BCUT2D eigenvalue weighted by Crippen LogP contribution is -2.34. The predicted molar refractivity (Wildman–Crippen MR) is 114 cm³/mol. The Morgan fingerprint density at radius 2 is 2.04 bits per heavy atom. The van der Waals surface area contributed by atoms with Crippen LogP contribution in [0.4, 0.5) is 10.1 Å². The van der Waals surface area contributed by atoms with Crippen LogP contribution in [-0.2, 0) is 0 Å². The summed E-state index contributed by atoms with van der Waals surface area (Å²) in [5.41, 5.74) is 2.19. The quantitative estimate of drug-likeness (QED) is 0.559. The van der Waals surface area contributed by atoms with Gasteiger partial charge in [0.25, 0.3) is 0 Å². The van der Waals surface area contributed by atoms with Crippen LogP contribution in [0.1, 0.15) is 30.9 Å². The molecule has 1 aliphatic rings. The third-order valence-electron chi connectivity index (χ3n) is 5.47. The molecular weight excluding hydrogens is 373 g/mol. The molecule has 0 spiro atoms. The van der Waals surface area contributed by atoms with E-state index in [4.69, 9.17) is 4.74 Å². The SMILES string of the molecule is CNc1ccccc1OCCCN1CCC(c2nsc3cc(F)ccc23)CC1. The zero-order valence-electron chi connectivity index (χ0n) is 16.2. The van der Waals surface area contributed by atoms with Crippen molar-refractivity contribution in [1.82, 2.24) is 9.27 Å². The molecule has 0 radical (unpaired) electrons. The third-order valence-corrected chi connectivity index (χ3v) is 6.29. The van der Waals surface area contributed by atoms with Crippen molar-refractivity contribution in [3.05, 3.63) is 54.0 Å². The fourth-order valence-electron chi connectivity index (χ4n) is 3.92. The number of rotatable bonds is 7. The molecule has 28 heavy (non-hydrogen) atoms. The van der Waals surface area contributed by atoms with Crippen LogP contribution in [0.3, 0.4) is 0 Å². The van der Waals surface area contributed by atoms with Crippen molar-refractivity contribution in [2.75, 3.05) is 38.6 Å². The van der Waals surface area contributed by atoms with E-state index < -0.39 is 0 Å². The first-order valence-corrected chi connectivity index (χ1v) is 10.7. The number of piperidine rings is 1. The highest BCUT2D eigenvalue weighted by Crippen LogP contribution is 2.34. The number of benzene rings is 2. The Balaban J connectivity index is 1.24. The van der Waals surface area contributed by atoms with E-state index in [9.17, 15) is 4.39 Å². The fourth-order valence-corrected chi connectivity index (χ4v) is 4.80. The number of nitrogens with one attached hydrogen (secondary N) is 1. The minimum Gasteiger partial charge on any atom is -0.491 e. The maximum absolute atomic E-state index is 13.4. The van der Waals surface area contributed by atoms with Gasteiger partial charge in [0.15, 0.2) is 0 Å². The lowest BCUT2D eigenvalue weighted by atomic mass is 9.91. The summed E-state index contributed by atoms with van der Waals surface area (Å²) in [6.07, 6.45) is 3.24. The second-order valence-corrected chi connectivity index (χ2v) is 8.08. The van der Waals surface area contributed by atoms with Crippen LogP contribution in [0.15, 0.2) is 42.5 Å². The summed E-state index contributed by atoms with van der Waals surface area (Å²) in [5.74, 6) is 1.21. The maximum atomic E-state index is 13.4. The molecular formula is C22H26FN3OS. The van der Waals surface area contributed by atoms with Gasteiger partial charge in [-0.3, -0.25) is 0 Å². The van der Waals surface area contributed by atoms with E-state index in [0.717, 1.165) is 72.7 Å². The summed E-state index contributed by atoms with van der Waals surface area (Å²) in [7, 11) is 1.91. The van der Waals surface area contributed by atoms with Gasteiger partial charge in [-0.1, -0.05) is 12.1 Å². The summed E-state index contributed by atoms with van der Waals surface area (Å²) in [4.78, 5) is 2.51. The Morgan fingerprint density at radius 3 is 2.86 bits per heavy atom. The van der Waals surface area contributed by atoms with Crippen molar-refractivity contribution in [3.63, 3.8) is 0 Å². The molecule has 4 rings (SSSR count). The minimum absolute atomic E-state index is 0.183. The van der Waals surface area contributed by atoms with Gasteiger partial charge in [-0.2, -0.15) is 4.37 Å². The molecule has 1 aromatic heterocycles. The number of aromatic nitrogens is 1. The number of ether oxygens (including phenoxy) is 1. The zero-order valence-corrected chi connectivity index (χ0v) is 17.0. The molecule has 0 unspecified atom stereocenters. The van der Waals surface area contributed by atoms with E-state index in [2.05, 4.69) is 14.6 Å². The standard InChI is InChI=1S/C22H26FN3OS/c1-24-19-5-2-3-6-20(19)27-14-4-11-26-12-9-16(10-13-26)22-18-8-7-17(23)15-21(18)28-25-22/h2-3,5-8,15-16,24H,4,9-14H2,1H3. The second-order valence-electron chi connectivity index (χ2n) is 7.27. The van der Waals surface area contributed by atoms with Crippen molar-refractivity contribution in [2.45, 2.75) is 25.2 Å². The van der Waals surface area contributed by atoms with Crippen LogP contribution in [-0.4, -0.2) is 42.6 Å². The average molecular weight is 400 g/mol. The third kappa shape index (κ3) is 4.28. The molecule has 148 valence electrons. The van der Waals surface area contributed by atoms with Crippen LogP contribution < -0.4 is 10.1 Å². The lowest BCUT2D eigenvalue weighted by molar-refractivity contribution is 0.192. The van der Waals surface area contributed by atoms with Gasteiger partial charge in [0.05, 0.1) is 22.7 Å². The number of likely N-dealkylation sites (tertiary alicyclic amines) is 1. The van der Waals surface area contributed by atoms with Crippen LogP contribution >= 0.6 is 11.5 Å². The molecule has 0 atom stereocenters. The Morgan fingerprint density at radius 1 is 1.21 bits per heavy atom. The number of hydrogen-bond donors (Lipinski definition) is 1. The predicted octanol–water partition coefficient (Wildman–Crippen LogP) is 5.13. The van der Waals surface area contributed by atoms with Gasteiger partial charge < -0.3 is 15.0 Å². The summed E-state index contributed by atoms with van der Waals surface area (Å²) in [6.45, 7) is 3.94. The summed E-state index contributed by atoms with van der Waals surface area (Å²) >= 11 is 1.42. The first-order chi connectivity index (χ1) is 13.7. The number of hydrogen-bond acceptors (Lipinski definition) is 5. The van der Waals surface area contributed by atoms with Gasteiger partial charge in [0, 0.05) is 24.9 Å². The Kier molecular flexibility index (Phi) is 6.07. The van der Waals surface area contributed by atoms with Crippen LogP contribution in [0, 0.1) is 5.82 Å². The van der Waals surface area contributed by atoms with Crippen molar-refractivity contribution in [2.24, 2.45) is 0 Å². The summed E-state index contributed by atoms with van der Waals surface area (Å²) in [5, 5.41) is 4.28. The Bertz CT molecular complexity index is 921. The average Bonchev–Trinajstić information content (AvgIpc) is 3.15. The molecule has 0 bridgehead atoms. The number of anilines is 1. The second kappa shape index (κ2) is 8.88. The summed E-state index contributed by atoms with van der Waals surface area (Å²) < 4.78 is 24.9. The van der Waals surface area contributed by atoms with Gasteiger partial charge in [-0.25, -0.2) is 4.39 Å². The summed E-state index contributed by atoms with van der Waals surface area (Å²) in [6, 6.07) is 13.1. The molecule has 2 aromatic carbocycles. The van der Waals surface area contributed by atoms with Gasteiger partial charge in [0.1, 0.15) is 11.6 Å². The molecule has 3 aromatic rings. The van der Waals surface area contributed by atoms with Crippen molar-refractivity contribution >= 4 is 27.3 Å². The number of halogens is 1. The van der Waals surface area contributed by atoms with Gasteiger partial charge in [-0.05, 0) is 74.2 Å². The normalized spacial score (nSPS) is 15.8. The smallest absolute Gasteiger partial charge is 0.142 e. The monoisotopic (exact) mass is 399 g/mol. The highest BCUT2D eigenvalue weighted by Gasteiger charge is 2.24. The molecule has 0 amide bonds. The molecule has 0 aliphatic carbocycles. The fraction of sp³-hybridized carbons (Fsp3) is 0.409. The maximum Gasteiger partial charge on any atom is 0.142 e. The van der Waals surface area contributed by atoms with Crippen molar-refractivity contribution in [3.8, 4) is 5.75 Å². The van der Waals surface area contributed by atoms with E-state index in [0.29, 0.717) is 5.92 Å². The minimum atomic E-state index is -0.183.